The molecule has 1 amide bonds. The number of nitrogens with one attached hydrogen (secondary N) is 1. The maximum Gasteiger partial charge on any atom is 0.258 e. The Labute approximate surface area is 186 Å². The van der Waals surface area contributed by atoms with E-state index in [4.69, 9.17) is 14.2 Å². The Morgan fingerprint density at radius 2 is 1.53 bits per heavy atom. The first-order valence-corrected chi connectivity index (χ1v) is 9.99. The van der Waals surface area contributed by atoms with Gasteiger partial charge in [0.1, 0.15) is 5.69 Å². The van der Waals surface area contributed by atoms with Crippen LogP contribution < -0.4 is 19.5 Å². The summed E-state index contributed by atoms with van der Waals surface area (Å²) in [7, 11) is 4.58. The molecule has 32 heavy (non-hydrogen) atoms. The highest BCUT2D eigenvalue weighted by Crippen LogP contribution is 2.40. The van der Waals surface area contributed by atoms with E-state index in [0.29, 0.717) is 39.7 Å². The predicted molar refractivity (Wildman–Crippen MR) is 124 cm³/mol. The lowest BCUT2D eigenvalue weighted by molar-refractivity contribution is 0.102. The number of benzene rings is 3. The lowest BCUT2D eigenvalue weighted by Gasteiger charge is -2.16. The fourth-order valence-electron chi connectivity index (χ4n) is 3.59. The van der Waals surface area contributed by atoms with E-state index in [9.17, 15) is 4.79 Å². The molecule has 0 radical (unpaired) electrons. The highest BCUT2D eigenvalue weighted by Gasteiger charge is 2.21. The number of fused-ring (bicyclic) bond motifs is 1. The first-order chi connectivity index (χ1) is 15.5. The van der Waals surface area contributed by atoms with E-state index in [1.807, 2.05) is 55.5 Å². The molecule has 1 heterocycles. The molecule has 0 saturated heterocycles. The van der Waals surface area contributed by atoms with E-state index >= 15 is 0 Å². The van der Waals surface area contributed by atoms with Gasteiger partial charge in [-0.2, -0.15) is 0 Å². The maximum absolute atomic E-state index is 13.6. The summed E-state index contributed by atoms with van der Waals surface area (Å²) in [5, 5.41) is 12.4. The summed E-state index contributed by atoms with van der Waals surface area (Å²) in [5.74, 6) is 1.02. The summed E-state index contributed by atoms with van der Waals surface area (Å²) < 4.78 is 16.2. The Bertz CT molecular complexity index is 1260. The van der Waals surface area contributed by atoms with Crippen molar-refractivity contribution in [1.82, 2.24) is 10.2 Å². The molecule has 0 spiro atoms. The molecule has 0 saturated carbocycles. The van der Waals surface area contributed by atoms with Gasteiger partial charge in [0, 0.05) is 28.8 Å². The molecule has 7 heteroatoms. The molecule has 0 unspecified atom stereocenters. The summed E-state index contributed by atoms with van der Waals surface area (Å²) >= 11 is 0. The fourth-order valence-corrected chi connectivity index (χ4v) is 3.59. The highest BCUT2D eigenvalue weighted by atomic mass is 16.5. The number of hydrogen-bond acceptors (Lipinski definition) is 6. The zero-order valence-corrected chi connectivity index (χ0v) is 18.3. The number of carbonyl (C=O) groups excluding carboxylic acids is 1. The molecule has 7 nitrogen and oxygen atoms in total. The minimum atomic E-state index is -0.316. The number of amides is 1. The third-order valence-corrected chi connectivity index (χ3v) is 5.11. The normalized spacial score (nSPS) is 10.6. The summed E-state index contributed by atoms with van der Waals surface area (Å²) in [6, 6.07) is 18.6. The predicted octanol–water partition coefficient (Wildman–Crippen LogP) is 4.88. The Hall–Kier alpha value is -4.13. The maximum atomic E-state index is 13.6. The summed E-state index contributed by atoms with van der Waals surface area (Å²) in [5.41, 5.74) is 3.92. The Kier molecular flexibility index (Phi) is 5.89. The Balaban J connectivity index is 1.86. The molecular weight excluding hydrogens is 406 g/mol. The molecule has 1 N–H and O–H groups in total. The van der Waals surface area contributed by atoms with Crippen LogP contribution in [0.25, 0.3) is 22.2 Å². The van der Waals surface area contributed by atoms with Gasteiger partial charge in [-0.1, -0.05) is 42.0 Å². The van der Waals surface area contributed by atoms with Gasteiger partial charge in [0.05, 0.1) is 32.4 Å². The first-order valence-electron chi connectivity index (χ1n) is 9.99. The van der Waals surface area contributed by atoms with Crippen LogP contribution in [0.15, 0.2) is 60.7 Å². The standard InChI is InChI=1S/C25H23N3O4/c1-15-10-11-19-18(12-15)22(23(28-27-19)16-8-6-5-7-9-16)25(29)26-17-13-20(30-2)24(32-4)21(14-17)31-3/h5-14H,1-4H3,(H,26,29). The van der Waals surface area contributed by atoms with Crippen molar-refractivity contribution < 1.29 is 19.0 Å². The molecular formula is C25H23N3O4. The number of hydrogen-bond donors (Lipinski definition) is 1. The van der Waals surface area contributed by atoms with E-state index in [1.165, 1.54) is 21.3 Å². The number of methoxy groups -OCH3 is 3. The molecule has 0 aliphatic rings. The van der Waals surface area contributed by atoms with Gasteiger partial charge in [-0.25, -0.2) is 0 Å². The number of rotatable bonds is 6. The Morgan fingerprint density at radius 1 is 0.844 bits per heavy atom. The van der Waals surface area contributed by atoms with Gasteiger partial charge in [0.15, 0.2) is 11.5 Å². The van der Waals surface area contributed by atoms with E-state index in [-0.39, 0.29) is 5.91 Å². The lowest BCUT2D eigenvalue weighted by atomic mass is 10.00. The first kappa shape index (κ1) is 21.1. The van der Waals surface area contributed by atoms with E-state index < -0.39 is 0 Å². The van der Waals surface area contributed by atoms with Gasteiger partial charge in [-0.3, -0.25) is 4.79 Å². The van der Waals surface area contributed by atoms with Crippen LogP contribution in [0.2, 0.25) is 0 Å². The summed E-state index contributed by atoms with van der Waals surface area (Å²) in [6.45, 7) is 1.98. The van der Waals surface area contributed by atoms with E-state index in [1.54, 1.807) is 12.1 Å². The van der Waals surface area contributed by atoms with Crippen molar-refractivity contribution in [3.63, 3.8) is 0 Å². The van der Waals surface area contributed by atoms with Gasteiger partial charge in [-0.05, 0) is 19.1 Å². The monoisotopic (exact) mass is 429 g/mol. The molecule has 0 fully saturated rings. The van der Waals surface area contributed by atoms with Crippen molar-refractivity contribution >= 4 is 22.5 Å². The van der Waals surface area contributed by atoms with Gasteiger partial charge in [0.2, 0.25) is 5.75 Å². The topological polar surface area (TPSA) is 82.6 Å². The second-order valence-electron chi connectivity index (χ2n) is 7.18. The number of aromatic nitrogens is 2. The molecule has 0 bridgehead atoms. The van der Waals surface area contributed by atoms with Gasteiger partial charge in [-0.15, -0.1) is 10.2 Å². The SMILES string of the molecule is COc1cc(NC(=O)c2c(-c3ccccc3)nnc3ccc(C)cc23)cc(OC)c1OC. The quantitative estimate of drug-likeness (QED) is 0.470. The van der Waals surface area contributed by atoms with Crippen LogP contribution in [0, 0.1) is 6.92 Å². The van der Waals surface area contributed by atoms with Crippen molar-refractivity contribution in [3.05, 3.63) is 71.8 Å². The van der Waals surface area contributed by atoms with Gasteiger partial charge < -0.3 is 19.5 Å². The second kappa shape index (κ2) is 8.93. The van der Waals surface area contributed by atoms with E-state index in [2.05, 4.69) is 15.5 Å². The number of anilines is 1. The average Bonchev–Trinajstić information content (AvgIpc) is 2.82. The fraction of sp³-hybridized carbons (Fsp3) is 0.160. The van der Waals surface area contributed by atoms with Crippen LogP contribution in [0.1, 0.15) is 15.9 Å². The average molecular weight is 429 g/mol. The second-order valence-corrected chi connectivity index (χ2v) is 7.18. The van der Waals surface area contributed by atoms with Crippen LogP contribution in [0.3, 0.4) is 0 Å². The zero-order chi connectivity index (χ0) is 22.7. The van der Waals surface area contributed by atoms with Crippen LogP contribution >= 0.6 is 0 Å². The molecule has 4 aromatic rings. The summed E-state index contributed by atoms with van der Waals surface area (Å²) in [4.78, 5) is 13.6. The zero-order valence-electron chi connectivity index (χ0n) is 18.3. The van der Waals surface area contributed by atoms with Gasteiger partial charge in [0.25, 0.3) is 5.91 Å². The lowest BCUT2D eigenvalue weighted by Crippen LogP contribution is -2.15. The molecule has 4 rings (SSSR count). The summed E-state index contributed by atoms with van der Waals surface area (Å²) in [6.07, 6.45) is 0. The molecule has 3 aromatic carbocycles. The van der Waals surface area contributed by atoms with Crippen LogP contribution in [-0.4, -0.2) is 37.4 Å². The number of aryl methyl sites for hydroxylation is 1. The number of carbonyl (C=O) groups is 1. The largest absolute Gasteiger partial charge is 0.493 e. The highest BCUT2D eigenvalue weighted by molar-refractivity contribution is 6.16. The molecule has 162 valence electrons. The third-order valence-electron chi connectivity index (χ3n) is 5.11. The van der Waals surface area contributed by atoms with Crippen LogP contribution in [-0.2, 0) is 0 Å². The molecule has 0 aliphatic heterocycles. The van der Waals surface area contributed by atoms with Crippen molar-refractivity contribution in [3.8, 4) is 28.5 Å². The minimum Gasteiger partial charge on any atom is -0.493 e. The van der Waals surface area contributed by atoms with Crippen molar-refractivity contribution in [2.75, 3.05) is 26.6 Å². The third kappa shape index (κ3) is 3.92. The molecule has 0 atom stereocenters. The van der Waals surface area contributed by atoms with Crippen molar-refractivity contribution in [1.29, 1.82) is 0 Å². The van der Waals surface area contributed by atoms with E-state index in [0.717, 1.165) is 16.5 Å². The minimum absolute atomic E-state index is 0.316. The number of nitrogens with zero attached hydrogens (tertiary/aromatic N) is 2. The Morgan fingerprint density at radius 3 is 2.16 bits per heavy atom. The van der Waals surface area contributed by atoms with Crippen molar-refractivity contribution in [2.45, 2.75) is 6.92 Å². The smallest absolute Gasteiger partial charge is 0.258 e. The van der Waals surface area contributed by atoms with Crippen LogP contribution in [0.5, 0.6) is 17.2 Å². The van der Waals surface area contributed by atoms with Gasteiger partial charge >= 0.3 is 0 Å². The number of ether oxygens (including phenoxy) is 3. The van der Waals surface area contributed by atoms with Crippen LogP contribution in [0.4, 0.5) is 5.69 Å². The van der Waals surface area contributed by atoms with Crippen molar-refractivity contribution in [2.24, 2.45) is 0 Å². The molecule has 1 aromatic heterocycles. The molecule has 0 aliphatic carbocycles.